The van der Waals surface area contributed by atoms with Crippen molar-refractivity contribution in [2.45, 2.75) is 78.1 Å². The smallest absolute Gasteiger partial charge is 0.220 e. The molecule has 0 aliphatic heterocycles. The van der Waals surface area contributed by atoms with Crippen LogP contribution in [0.1, 0.15) is 75.3 Å². The van der Waals surface area contributed by atoms with Crippen molar-refractivity contribution >= 4 is 35.0 Å². The van der Waals surface area contributed by atoms with Crippen molar-refractivity contribution in [2.24, 2.45) is 0 Å². The van der Waals surface area contributed by atoms with Gasteiger partial charge in [0.05, 0.1) is 13.2 Å². The Hall–Kier alpha value is -2.44. The molecule has 8 heteroatoms. The van der Waals surface area contributed by atoms with Gasteiger partial charge in [-0.25, -0.2) is 0 Å². The Bertz CT molecular complexity index is 921. The number of ether oxygens (including phenoxy) is 2. The SMILES string of the molecule is Cc1cc(Cl)ccc1OCCCC(=O)NCCCCCCCCNC(=O)CCCOc1ccc(Cl)cc1C. The van der Waals surface area contributed by atoms with Gasteiger partial charge in [-0.2, -0.15) is 0 Å². The molecule has 2 aromatic rings. The van der Waals surface area contributed by atoms with Crippen LogP contribution < -0.4 is 20.1 Å². The molecule has 6 nitrogen and oxygen atoms in total. The van der Waals surface area contributed by atoms with Crippen LogP contribution in [-0.2, 0) is 9.59 Å². The quantitative estimate of drug-likeness (QED) is 0.177. The predicted molar refractivity (Wildman–Crippen MR) is 156 cm³/mol. The minimum Gasteiger partial charge on any atom is -0.493 e. The number of carbonyl (C=O) groups is 2. The number of amides is 2. The van der Waals surface area contributed by atoms with Gasteiger partial charge in [0.2, 0.25) is 11.8 Å². The highest BCUT2D eigenvalue weighted by Crippen LogP contribution is 2.23. The molecule has 0 fully saturated rings. The summed E-state index contributed by atoms with van der Waals surface area (Å²) in [7, 11) is 0. The molecule has 0 heterocycles. The Balaban J connectivity index is 1.34. The van der Waals surface area contributed by atoms with Crippen LogP contribution >= 0.6 is 23.2 Å². The van der Waals surface area contributed by atoms with Crippen molar-refractivity contribution in [1.82, 2.24) is 10.6 Å². The fourth-order valence-corrected chi connectivity index (χ4v) is 4.42. The van der Waals surface area contributed by atoms with Crippen LogP contribution in [0.2, 0.25) is 10.0 Å². The predicted octanol–water partition coefficient (Wildman–Crippen LogP) is 7.20. The highest BCUT2D eigenvalue weighted by Gasteiger charge is 2.05. The summed E-state index contributed by atoms with van der Waals surface area (Å²) in [4.78, 5) is 23.9. The Kier molecular flexibility index (Phi) is 15.7. The molecule has 0 saturated carbocycles. The minimum absolute atomic E-state index is 0.0730. The number of unbranched alkanes of at least 4 members (excludes halogenated alkanes) is 5. The summed E-state index contributed by atoms with van der Waals surface area (Å²) in [5.74, 6) is 1.76. The van der Waals surface area contributed by atoms with E-state index in [1.54, 1.807) is 12.1 Å². The maximum atomic E-state index is 12.0. The van der Waals surface area contributed by atoms with E-state index >= 15 is 0 Å². The van der Waals surface area contributed by atoms with Gasteiger partial charge in [-0.1, -0.05) is 48.9 Å². The molecule has 0 bridgehead atoms. The van der Waals surface area contributed by atoms with E-state index in [-0.39, 0.29) is 11.8 Å². The lowest BCUT2D eigenvalue weighted by Crippen LogP contribution is -2.24. The Morgan fingerprint density at radius 1 is 0.632 bits per heavy atom. The van der Waals surface area contributed by atoms with Crippen LogP contribution in [0.25, 0.3) is 0 Å². The third-order valence-electron chi connectivity index (χ3n) is 6.13. The van der Waals surface area contributed by atoms with E-state index in [0.29, 0.717) is 62.0 Å². The van der Waals surface area contributed by atoms with Crippen molar-refractivity contribution in [3.63, 3.8) is 0 Å². The zero-order valence-electron chi connectivity index (χ0n) is 22.8. The van der Waals surface area contributed by atoms with E-state index in [1.807, 2.05) is 38.1 Å². The second-order valence-electron chi connectivity index (χ2n) is 9.54. The molecule has 0 radical (unpaired) electrons. The monoisotopic (exact) mass is 564 g/mol. The standard InChI is InChI=1S/C30H42Cl2N2O4/c1-23-21-25(31)13-15-27(23)37-19-9-11-29(35)33-17-7-5-3-4-6-8-18-34-30(36)12-10-20-38-28-16-14-26(32)22-24(28)2/h13-16,21-22H,3-12,17-20H2,1-2H3,(H,33,35)(H,34,36). The molecular formula is C30H42Cl2N2O4. The number of nitrogens with one attached hydrogen (secondary N) is 2. The summed E-state index contributed by atoms with van der Waals surface area (Å²) in [5, 5.41) is 7.35. The van der Waals surface area contributed by atoms with Crippen molar-refractivity contribution < 1.29 is 19.1 Å². The van der Waals surface area contributed by atoms with Crippen molar-refractivity contribution in [2.75, 3.05) is 26.3 Å². The molecule has 2 N–H and O–H groups in total. The number of benzene rings is 2. The highest BCUT2D eigenvalue weighted by molar-refractivity contribution is 6.31. The molecule has 210 valence electrons. The van der Waals surface area contributed by atoms with Gasteiger partial charge in [0.25, 0.3) is 0 Å². The van der Waals surface area contributed by atoms with E-state index in [0.717, 1.165) is 61.2 Å². The van der Waals surface area contributed by atoms with E-state index in [4.69, 9.17) is 32.7 Å². The van der Waals surface area contributed by atoms with Gasteiger partial charge >= 0.3 is 0 Å². The summed E-state index contributed by atoms with van der Waals surface area (Å²) in [6.45, 7) is 6.36. The van der Waals surface area contributed by atoms with Crippen LogP contribution in [0, 0.1) is 13.8 Å². The molecule has 0 aromatic heterocycles. The molecule has 2 amide bonds. The molecule has 38 heavy (non-hydrogen) atoms. The van der Waals surface area contributed by atoms with Crippen LogP contribution in [0.4, 0.5) is 0 Å². The van der Waals surface area contributed by atoms with Crippen molar-refractivity contribution in [3.8, 4) is 11.5 Å². The zero-order valence-corrected chi connectivity index (χ0v) is 24.3. The van der Waals surface area contributed by atoms with Crippen LogP contribution in [-0.4, -0.2) is 38.1 Å². The van der Waals surface area contributed by atoms with Gasteiger partial charge in [0, 0.05) is 36.0 Å². The van der Waals surface area contributed by atoms with Crippen LogP contribution in [0.15, 0.2) is 36.4 Å². The average molecular weight is 566 g/mol. The van der Waals surface area contributed by atoms with E-state index in [9.17, 15) is 9.59 Å². The first-order valence-corrected chi connectivity index (χ1v) is 14.4. The first-order chi connectivity index (χ1) is 18.3. The van der Waals surface area contributed by atoms with Gasteiger partial charge < -0.3 is 20.1 Å². The van der Waals surface area contributed by atoms with Gasteiger partial charge in [0.15, 0.2) is 0 Å². The summed E-state index contributed by atoms with van der Waals surface area (Å²) >= 11 is 11.9. The first kappa shape index (κ1) is 31.8. The fourth-order valence-electron chi connectivity index (χ4n) is 3.97. The molecule has 0 spiro atoms. The summed E-state index contributed by atoms with van der Waals surface area (Å²) < 4.78 is 11.5. The fraction of sp³-hybridized carbons (Fsp3) is 0.533. The Morgan fingerprint density at radius 2 is 1.03 bits per heavy atom. The summed E-state index contributed by atoms with van der Waals surface area (Å²) in [6.07, 6.45) is 8.74. The molecule has 2 rings (SSSR count). The first-order valence-electron chi connectivity index (χ1n) is 13.7. The lowest BCUT2D eigenvalue weighted by atomic mass is 10.1. The number of rotatable bonds is 19. The maximum Gasteiger partial charge on any atom is 0.220 e. The number of halogens is 2. The Labute approximate surface area is 237 Å². The molecule has 0 unspecified atom stereocenters. The third-order valence-corrected chi connectivity index (χ3v) is 6.60. The van der Waals surface area contributed by atoms with Gasteiger partial charge in [-0.05, 0) is 87.1 Å². The lowest BCUT2D eigenvalue weighted by Gasteiger charge is -2.10. The number of carbonyl (C=O) groups excluding carboxylic acids is 2. The van der Waals surface area contributed by atoms with Crippen molar-refractivity contribution in [3.05, 3.63) is 57.6 Å². The molecule has 0 saturated heterocycles. The second-order valence-corrected chi connectivity index (χ2v) is 10.4. The number of hydrogen-bond acceptors (Lipinski definition) is 4. The molecule has 0 atom stereocenters. The third kappa shape index (κ3) is 13.9. The maximum absolute atomic E-state index is 12.0. The normalized spacial score (nSPS) is 10.7. The lowest BCUT2D eigenvalue weighted by molar-refractivity contribution is -0.122. The summed E-state index contributed by atoms with van der Waals surface area (Å²) in [5.41, 5.74) is 1.99. The molecule has 0 aliphatic rings. The van der Waals surface area contributed by atoms with Gasteiger partial charge in [0.1, 0.15) is 11.5 Å². The molecular weight excluding hydrogens is 523 g/mol. The minimum atomic E-state index is 0.0730. The van der Waals surface area contributed by atoms with Crippen molar-refractivity contribution in [1.29, 1.82) is 0 Å². The average Bonchev–Trinajstić information content (AvgIpc) is 2.87. The second kappa shape index (κ2) is 18.8. The van der Waals surface area contributed by atoms with Gasteiger partial charge in [-0.3, -0.25) is 9.59 Å². The highest BCUT2D eigenvalue weighted by atomic mass is 35.5. The summed E-state index contributed by atoms with van der Waals surface area (Å²) in [6, 6.07) is 11.1. The largest absolute Gasteiger partial charge is 0.493 e. The van der Waals surface area contributed by atoms with E-state index in [1.165, 1.54) is 0 Å². The van der Waals surface area contributed by atoms with E-state index < -0.39 is 0 Å². The van der Waals surface area contributed by atoms with Crippen LogP contribution in [0.5, 0.6) is 11.5 Å². The van der Waals surface area contributed by atoms with Gasteiger partial charge in [-0.15, -0.1) is 0 Å². The number of aryl methyl sites for hydroxylation is 2. The topological polar surface area (TPSA) is 76.7 Å². The number of hydrogen-bond donors (Lipinski definition) is 2. The van der Waals surface area contributed by atoms with E-state index in [2.05, 4.69) is 10.6 Å². The zero-order chi connectivity index (χ0) is 27.6. The Morgan fingerprint density at radius 3 is 1.42 bits per heavy atom. The molecule has 0 aliphatic carbocycles. The molecule has 2 aromatic carbocycles. The van der Waals surface area contributed by atoms with Crippen LogP contribution in [0.3, 0.4) is 0 Å².